The maximum Gasteiger partial charge on any atom is 0.0783 e. The molecule has 0 amide bonds. The van der Waals surface area contributed by atoms with Crippen LogP contribution in [-0.4, -0.2) is 31.6 Å². The molecule has 0 aliphatic heterocycles. The van der Waals surface area contributed by atoms with Gasteiger partial charge in [0.15, 0.2) is 0 Å². The highest BCUT2D eigenvalue weighted by atomic mass is 79.9. The molecule has 0 spiro atoms. The molecular formula is C13H20BrNOS. The predicted octanol–water partition coefficient (Wildman–Crippen LogP) is 3.55. The van der Waals surface area contributed by atoms with Crippen LogP contribution in [0.1, 0.15) is 13.8 Å². The van der Waals surface area contributed by atoms with Gasteiger partial charge in [-0.1, -0.05) is 22.0 Å². The summed E-state index contributed by atoms with van der Waals surface area (Å²) in [6, 6.07) is 8.68. The van der Waals surface area contributed by atoms with Crippen LogP contribution in [0.25, 0.3) is 0 Å². The zero-order valence-corrected chi connectivity index (χ0v) is 13.2. The maximum absolute atomic E-state index is 5.52. The first-order chi connectivity index (χ1) is 7.99. The van der Waals surface area contributed by atoms with E-state index in [1.807, 2.05) is 24.9 Å². The summed E-state index contributed by atoms with van der Waals surface area (Å²) < 4.78 is 6.64. The van der Waals surface area contributed by atoms with Crippen LogP contribution in [0, 0.1) is 0 Å². The van der Waals surface area contributed by atoms with Crippen molar-refractivity contribution in [3.63, 3.8) is 0 Å². The second-order valence-corrected chi connectivity index (χ2v) is 6.43. The van der Waals surface area contributed by atoms with E-state index in [9.17, 15) is 0 Å². The zero-order valence-electron chi connectivity index (χ0n) is 10.8. The van der Waals surface area contributed by atoms with E-state index in [0.29, 0.717) is 6.04 Å². The van der Waals surface area contributed by atoms with Crippen LogP contribution in [0.3, 0.4) is 0 Å². The molecule has 96 valence electrons. The van der Waals surface area contributed by atoms with Gasteiger partial charge in [-0.25, -0.2) is 0 Å². The molecule has 2 nitrogen and oxygen atoms in total. The monoisotopic (exact) mass is 317 g/mol. The summed E-state index contributed by atoms with van der Waals surface area (Å²) in [4.78, 5) is 1.27. The van der Waals surface area contributed by atoms with Gasteiger partial charge in [0.25, 0.3) is 0 Å². The number of benzene rings is 1. The van der Waals surface area contributed by atoms with Gasteiger partial charge in [0.2, 0.25) is 0 Å². The Morgan fingerprint density at radius 2 is 2.18 bits per heavy atom. The topological polar surface area (TPSA) is 21.3 Å². The SMILES string of the molecule is CNC(CSc1cccc(Br)c1)C(C)(C)OC. The van der Waals surface area contributed by atoms with E-state index in [4.69, 9.17) is 4.74 Å². The van der Waals surface area contributed by atoms with Gasteiger partial charge < -0.3 is 10.1 Å². The van der Waals surface area contributed by atoms with Crippen molar-refractivity contribution < 1.29 is 4.74 Å². The minimum absolute atomic E-state index is 0.159. The normalized spacial score (nSPS) is 13.7. The van der Waals surface area contributed by atoms with Crippen LogP contribution in [0.5, 0.6) is 0 Å². The Labute approximate surface area is 117 Å². The average molecular weight is 318 g/mol. The predicted molar refractivity (Wildman–Crippen MR) is 78.8 cm³/mol. The molecule has 0 heterocycles. The van der Waals surface area contributed by atoms with E-state index in [2.05, 4.69) is 53.3 Å². The van der Waals surface area contributed by atoms with Crippen molar-refractivity contribution in [3.8, 4) is 0 Å². The first-order valence-electron chi connectivity index (χ1n) is 5.60. The number of thioether (sulfide) groups is 1. The molecule has 1 atom stereocenters. The quantitative estimate of drug-likeness (QED) is 0.811. The summed E-state index contributed by atoms with van der Waals surface area (Å²) in [5.74, 6) is 0.980. The molecule has 0 radical (unpaired) electrons. The highest BCUT2D eigenvalue weighted by Crippen LogP contribution is 2.25. The van der Waals surface area contributed by atoms with Gasteiger partial charge >= 0.3 is 0 Å². The first kappa shape index (κ1) is 15.0. The largest absolute Gasteiger partial charge is 0.377 e. The van der Waals surface area contributed by atoms with Crippen molar-refractivity contribution in [3.05, 3.63) is 28.7 Å². The molecule has 1 aromatic carbocycles. The highest BCUT2D eigenvalue weighted by Gasteiger charge is 2.27. The molecule has 1 rings (SSSR count). The van der Waals surface area contributed by atoms with E-state index >= 15 is 0 Å². The number of hydrogen-bond acceptors (Lipinski definition) is 3. The van der Waals surface area contributed by atoms with Crippen molar-refractivity contribution in [1.82, 2.24) is 5.32 Å². The number of ether oxygens (including phenoxy) is 1. The number of hydrogen-bond donors (Lipinski definition) is 1. The molecular weight excluding hydrogens is 298 g/mol. The molecule has 0 saturated heterocycles. The zero-order chi connectivity index (χ0) is 12.9. The molecule has 0 aromatic heterocycles. The van der Waals surface area contributed by atoms with Gasteiger partial charge in [-0.2, -0.15) is 0 Å². The third kappa shape index (κ3) is 4.62. The minimum atomic E-state index is -0.159. The van der Waals surface area contributed by atoms with Crippen LogP contribution in [0.2, 0.25) is 0 Å². The second-order valence-electron chi connectivity index (χ2n) is 4.42. The molecule has 0 fully saturated rings. The highest BCUT2D eigenvalue weighted by molar-refractivity contribution is 9.10. The number of halogens is 1. The van der Waals surface area contributed by atoms with Crippen LogP contribution >= 0.6 is 27.7 Å². The fourth-order valence-electron chi connectivity index (χ4n) is 1.51. The summed E-state index contributed by atoms with van der Waals surface area (Å²) in [5, 5.41) is 3.32. The van der Waals surface area contributed by atoms with Crippen molar-refractivity contribution in [2.45, 2.75) is 30.4 Å². The molecule has 0 bridgehead atoms. The number of likely N-dealkylation sites (N-methyl/N-ethyl adjacent to an activating group) is 1. The summed E-state index contributed by atoms with van der Waals surface area (Å²) in [5.41, 5.74) is -0.159. The molecule has 17 heavy (non-hydrogen) atoms. The second kappa shape index (κ2) is 6.78. The molecule has 1 aromatic rings. The third-order valence-corrected chi connectivity index (χ3v) is 4.51. The summed E-state index contributed by atoms with van der Waals surface area (Å²) >= 11 is 5.32. The lowest BCUT2D eigenvalue weighted by Crippen LogP contribution is -2.48. The van der Waals surface area contributed by atoms with Gasteiger partial charge in [0.1, 0.15) is 0 Å². The van der Waals surface area contributed by atoms with E-state index in [0.717, 1.165) is 10.2 Å². The van der Waals surface area contributed by atoms with Crippen LogP contribution < -0.4 is 5.32 Å². The fraction of sp³-hybridized carbons (Fsp3) is 0.538. The minimum Gasteiger partial charge on any atom is -0.377 e. The lowest BCUT2D eigenvalue weighted by atomic mass is 10.0. The third-order valence-electron chi connectivity index (χ3n) is 2.93. The Hall–Kier alpha value is -0.0300. The van der Waals surface area contributed by atoms with Gasteiger partial charge in [-0.15, -0.1) is 11.8 Å². The van der Waals surface area contributed by atoms with Gasteiger partial charge in [0, 0.05) is 28.3 Å². The van der Waals surface area contributed by atoms with Crippen molar-refractivity contribution in [2.24, 2.45) is 0 Å². The van der Waals surface area contributed by atoms with E-state index in [1.165, 1.54) is 4.90 Å². The van der Waals surface area contributed by atoms with Crippen LogP contribution in [-0.2, 0) is 4.74 Å². The Morgan fingerprint density at radius 3 is 2.71 bits per heavy atom. The maximum atomic E-state index is 5.52. The molecule has 1 unspecified atom stereocenters. The Balaban J connectivity index is 2.59. The molecule has 4 heteroatoms. The van der Waals surface area contributed by atoms with Gasteiger partial charge in [0.05, 0.1) is 5.60 Å². The Bertz CT molecular complexity index is 357. The van der Waals surface area contributed by atoms with Crippen molar-refractivity contribution in [1.29, 1.82) is 0 Å². The summed E-state index contributed by atoms with van der Waals surface area (Å²) in [6.07, 6.45) is 0. The summed E-state index contributed by atoms with van der Waals surface area (Å²) in [7, 11) is 3.74. The standard InChI is InChI=1S/C13H20BrNOS/c1-13(2,16-4)12(15-3)9-17-11-7-5-6-10(14)8-11/h5-8,12,15H,9H2,1-4H3. The lowest BCUT2D eigenvalue weighted by Gasteiger charge is -2.32. The Morgan fingerprint density at radius 1 is 1.47 bits per heavy atom. The van der Waals surface area contributed by atoms with Gasteiger partial charge in [-0.05, 0) is 39.1 Å². The van der Waals surface area contributed by atoms with E-state index in [-0.39, 0.29) is 5.60 Å². The fourth-order valence-corrected chi connectivity index (χ4v) is 3.37. The molecule has 0 aliphatic rings. The Kier molecular flexibility index (Phi) is 6.00. The number of rotatable bonds is 6. The number of nitrogens with one attached hydrogen (secondary N) is 1. The van der Waals surface area contributed by atoms with Gasteiger partial charge in [-0.3, -0.25) is 0 Å². The van der Waals surface area contributed by atoms with Crippen molar-refractivity contribution >= 4 is 27.7 Å². The summed E-state index contributed by atoms with van der Waals surface area (Å²) in [6.45, 7) is 4.21. The lowest BCUT2D eigenvalue weighted by molar-refractivity contribution is -0.00155. The van der Waals surface area contributed by atoms with Crippen molar-refractivity contribution in [2.75, 3.05) is 19.9 Å². The van der Waals surface area contributed by atoms with Crippen LogP contribution in [0.15, 0.2) is 33.6 Å². The van der Waals surface area contributed by atoms with E-state index < -0.39 is 0 Å². The molecule has 0 saturated carbocycles. The number of methoxy groups -OCH3 is 1. The molecule has 1 N–H and O–H groups in total. The van der Waals surface area contributed by atoms with Crippen LogP contribution in [0.4, 0.5) is 0 Å². The first-order valence-corrected chi connectivity index (χ1v) is 7.38. The smallest absolute Gasteiger partial charge is 0.0783 e. The van der Waals surface area contributed by atoms with E-state index in [1.54, 1.807) is 7.11 Å². The molecule has 0 aliphatic carbocycles. The average Bonchev–Trinajstić information content (AvgIpc) is 2.29.